The van der Waals surface area contributed by atoms with E-state index in [4.69, 9.17) is 0 Å². The van der Waals surface area contributed by atoms with Gasteiger partial charge in [0.2, 0.25) is 5.91 Å². The molecule has 0 spiro atoms. The summed E-state index contributed by atoms with van der Waals surface area (Å²) in [5.41, 5.74) is 2.34. The molecule has 2 heterocycles. The van der Waals surface area contributed by atoms with E-state index in [1.807, 2.05) is 43.3 Å². The summed E-state index contributed by atoms with van der Waals surface area (Å²) in [6, 6.07) is 7.38. The second-order valence-corrected chi connectivity index (χ2v) is 6.79. The lowest BCUT2D eigenvalue weighted by Crippen LogP contribution is -2.55. The first-order valence-electron chi connectivity index (χ1n) is 9.65. The summed E-state index contributed by atoms with van der Waals surface area (Å²) in [5, 5.41) is 10.0. The Hall–Kier alpha value is -2.63. The van der Waals surface area contributed by atoms with E-state index in [0.717, 1.165) is 11.3 Å². The third-order valence-corrected chi connectivity index (χ3v) is 4.69. The highest BCUT2D eigenvalue weighted by Gasteiger charge is 2.27. The zero-order valence-corrected chi connectivity index (χ0v) is 19.8. The van der Waals surface area contributed by atoms with E-state index in [9.17, 15) is 9.59 Å². The summed E-state index contributed by atoms with van der Waals surface area (Å²) < 4.78 is 1.69. The molecular formula is C20H28IN7O2. The molecule has 2 N–H and O–H groups in total. The minimum absolute atomic E-state index is 0. The molecule has 3 rings (SSSR count). The second-order valence-electron chi connectivity index (χ2n) is 6.79. The number of anilines is 1. The van der Waals surface area contributed by atoms with Gasteiger partial charge in [-0.1, -0.05) is 12.1 Å². The lowest BCUT2D eigenvalue weighted by atomic mass is 10.1. The Morgan fingerprint density at radius 3 is 2.73 bits per heavy atom. The summed E-state index contributed by atoms with van der Waals surface area (Å²) >= 11 is 0. The maximum absolute atomic E-state index is 12.7. The molecule has 0 radical (unpaired) electrons. The van der Waals surface area contributed by atoms with Gasteiger partial charge >= 0.3 is 0 Å². The molecule has 1 aromatic carbocycles. The van der Waals surface area contributed by atoms with E-state index in [1.54, 1.807) is 28.9 Å². The smallest absolute Gasteiger partial charge is 0.251 e. The number of aliphatic imine (C=N–C) groups is 1. The quantitative estimate of drug-likeness (QED) is 0.348. The molecule has 0 unspecified atom stereocenters. The van der Waals surface area contributed by atoms with Crippen LogP contribution < -0.4 is 15.5 Å². The van der Waals surface area contributed by atoms with Crippen molar-refractivity contribution >= 4 is 47.4 Å². The maximum Gasteiger partial charge on any atom is 0.251 e. The molecule has 0 bridgehead atoms. The lowest BCUT2D eigenvalue weighted by Gasteiger charge is -2.35. The van der Waals surface area contributed by atoms with E-state index in [-0.39, 0.29) is 42.3 Å². The largest absolute Gasteiger partial charge is 0.356 e. The van der Waals surface area contributed by atoms with Crippen molar-refractivity contribution in [1.82, 2.24) is 25.3 Å². The van der Waals surface area contributed by atoms with Gasteiger partial charge in [-0.2, -0.15) is 5.10 Å². The van der Waals surface area contributed by atoms with Crippen LogP contribution in [0.2, 0.25) is 0 Å². The molecule has 10 heteroatoms. The number of hydrogen-bond acceptors (Lipinski definition) is 4. The summed E-state index contributed by atoms with van der Waals surface area (Å²) in [6.07, 6.45) is 3.54. The van der Waals surface area contributed by atoms with Crippen molar-refractivity contribution in [3.63, 3.8) is 0 Å². The van der Waals surface area contributed by atoms with Crippen LogP contribution in [0.4, 0.5) is 5.69 Å². The van der Waals surface area contributed by atoms with Crippen LogP contribution in [0.5, 0.6) is 0 Å². The fourth-order valence-corrected chi connectivity index (χ4v) is 3.22. The molecule has 9 nitrogen and oxygen atoms in total. The summed E-state index contributed by atoms with van der Waals surface area (Å²) in [5.74, 6) is 0.577. The predicted octanol–water partition coefficient (Wildman–Crippen LogP) is 1.21. The first-order valence-corrected chi connectivity index (χ1v) is 9.65. The van der Waals surface area contributed by atoms with Crippen molar-refractivity contribution in [3.05, 3.63) is 47.8 Å². The minimum atomic E-state index is -0.125. The SMILES string of the molecule is CCNC(=NCc1cccc(C(=O)NC)c1)N1CCN(c2cnn(C)c2)C(=O)C1.I. The number of benzene rings is 1. The molecule has 1 aliphatic rings. The van der Waals surface area contributed by atoms with Gasteiger partial charge in [0.15, 0.2) is 5.96 Å². The number of aryl methyl sites for hydroxylation is 1. The van der Waals surface area contributed by atoms with E-state index in [2.05, 4.69) is 20.7 Å². The topological polar surface area (TPSA) is 94.9 Å². The average Bonchev–Trinajstić information content (AvgIpc) is 3.16. The molecule has 162 valence electrons. The Morgan fingerprint density at radius 2 is 2.10 bits per heavy atom. The van der Waals surface area contributed by atoms with Crippen LogP contribution in [-0.4, -0.2) is 65.7 Å². The zero-order chi connectivity index (χ0) is 20.8. The molecule has 30 heavy (non-hydrogen) atoms. The molecule has 1 aromatic heterocycles. The van der Waals surface area contributed by atoms with Crippen molar-refractivity contribution in [3.8, 4) is 0 Å². The lowest BCUT2D eigenvalue weighted by molar-refractivity contribution is -0.120. The molecule has 1 saturated heterocycles. The first kappa shape index (κ1) is 23.6. The summed E-state index contributed by atoms with van der Waals surface area (Å²) in [7, 11) is 3.44. The van der Waals surface area contributed by atoms with Gasteiger partial charge in [0.25, 0.3) is 5.91 Å². The van der Waals surface area contributed by atoms with Crippen LogP contribution in [0.15, 0.2) is 41.7 Å². The fraction of sp³-hybridized carbons (Fsp3) is 0.400. The number of carbonyl (C=O) groups is 2. The number of hydrogen-bond donors (Lipinski definition) is 2. The highest BCUT2D eigenvalue weighted by molar-refractivity contribution is 14.0. The van der Waals surface area contributed by atoms with Gasteiger partial charge in [0.1, 0.15) is 6.54 Å². The number of aromatic nitrogens is 2. The Balaban J connectivity index is 0.00000320. The number of nitrogens with one attached hydrogen (secondary N) is 2. The van der Waals surface area contributed by atoms with Gasteiger partial charge in [0.05, 0.1) is 18.4 Å². The average molecular weight is 525 g/mol. The molecule has 1 aliphatic heterocycles. The maximum atomic E-state index is 12.7. The monoisotopic (exact) mass is 525 g/mol. The Morgan fingerprint density at radius 1 is 1.30 bits per heavy atom. The van der Waals surface area contributed by atoms with Gasteiger partial charge in [0, 0.05) is 45.5 Å². The van der Waals surface area contributed by atoms with Crippen LogP contribution in [-0.2, 0) is 18.4 Å². The number of carbonyl (C=O) groups excluding carboxylic acids is 2. The van der Waals surface area contributed by atoms with E-state index in [1.165, 1.54) is 0 Å². The molecule has 0 atom stereocenters. The molecule has 2 aromatic rings. The van der Waals surface area contributed by atoms with E-state index < -0.39 is 0 Å². The van der Waals surface area contributed by atoms with Crippen molar-refractivity contribution < 1.29 is 9.59 Å². The number of guanidine groups is 1. The van der Waals surface area contributed by atoms with Crippen LogP contribution in [0.3, 0.4) is 0 Å². The second kappa shape index (κ2) is 11.0. The van der Waals surface area contributed by atoms with Crippen LogP contribution in [0.25, 0.3) is 0 Å². The Bertz CT molecular complexity index is 912. The zero-order valence-electron chi connectivity index (χ0n) is 17.5. The van der Waals surface area contributed by atoms with Crippen molar-refractivity contribution in [1.29, 1.82) is 0 Å². The van der Waals surface area contributed by atoms with Gasteiger partial charge < -0.3 is 20.4 Å². The molecule has 0 aliphatic carbocycles. The Labute approximate surface area is 193 Å². The normalized spacial score (nSPS) is 14.4. The van der Waals surface area contributed by atoms with Gasteiger partial charge in [-0.05, 0) is 24.6 Å². The van der Waals surface area contributed by atoms with Crippen LogP contribution in [0, 0.1) is 0 Å². The summed E-state index contributed by atoms with van der Waals surface area (Å²) in [6.45, 7) is 4.61. The Kier molecular flexibility index (Phi) is 8.63. The first-order chi connectivity index (χ1) is 14.0. The van der Waals surface area contributed by atoms with Gasteiger partial charge in [-0.3, -0.25) is 14.3 Å². The van der Waals surface area contributed by atoms with Crippen LogP contribution in [0.1, 0.15) is 22.8 Å². The van der Waals surface area contributed by atoms with Crippen molar-refractivity contribution in [2.45, 2.75) is 13.5 Å². The van der Waals surface area contributed by atoms with E-state index in [0.29, 0.717) is 37.7 Å². The number of rotatable bonds is 5. The number of amides is 2. The van der Waals surface area contributed by atoms with Crippen molar-refractivity contribution in [2.75, 3.05) is 38.1 Å². The number of halogens is 1. The molecule has 2 amide bonds. The molecule has 0 saturated carbocycles. The molecular weight excluding hydrogens is 497 g/mol. The standard InChI is InChI=1S/C20H27N7O2.HI/c1-4-22-20(23-11-15-6-5-7-16(10-15)19(29)21-2)26-8-9-27(18(28)14-26)17-12-24-25(3)13-17;/h5-7,10,12-13H,4,8-9,11,14H2,1-3H3,(H,21,29)(H,22,23);1H. The molecule has 1 fully saturated rings. The van der Waals surface area contributed by atoms with Crippen LogP contribution >= 0.6 is 24.0 Å². The number of piperazine rings is 1. The highest BCUT2D eigenvalue weighted by Crippen LogP contribution is 2.16. The van der Waals surface area contributed by atoms with Gasteiger partial charge in [-0.15, -0.1) is 24.0 Å². The summed E-state index contributed by atoms with van der Waals surface area (Å²) in [4.78, 5) is 32.9. The predicted molar refractivity (Wildman–Crippen MR) is 127 cm³/mol. The number of nitrogens with zero attached hydrogens (tertiary/aromatic N) is 5. The third kappa shape index (κ3) is 5.71. The highest BCUT2D eigenvalue weighted by atomic mass is 127. The van der Waals surface area contributed by atoms with E-state index >= 15 is 0 Å². The minimum Gasteiger partial charge on any atom is -0.356 e. The fourth-order valence-electron chi connectivity index (χ4n) is 3.22. The van der Waals surface area contributed by atoms with Gasteiger partial charge in [-0.25, -0.2) is 4.99 Å². The third-order valence-electron chi connectivity index (χ3n) is 4.69. The van der Waals surface area contributed by atoms with Crippen molar-refractivity contribution in [2.24, 2.45) is 12.0 Å².